The number of phenolic OH excluding ortho intramolecular Hbond substituents is 1. The highest BCUT2D eigenvalue weighted by atomic mass is 16.5. The molecule has 46 heavy (non-hydrogen) atoms. The fraction of sp³-hybridized carbons (Fsp3) is 0.368. The van der Waals surface area contributed by atoms with Crippen LogP contribution in [0.2, 0.25) is 0 Å². The van der Waals surface area contributed by atoms with E-state index in [1.54, 1.807) is 21.3 Å². The normalized spacial score (nSPS) is 19.5. The highest BCUT2D eigenvalue weighted by Gasteiger charge is 2.34. The van der Waals surface area contributed by atoms with Gasteiger partial charge in [0.15, 0.2) is 34.5 Å². The number of ether oxygens (including phenoxy) is 5. The van der Waals surface area contributed by atoms with E-state index in [1.165, 1.54) is 16.7 Å². The third-order valence-corrected chi connectivity index (χ3v) is 9.94. The molecule has 0 aromatic heterocycles. The van der Waals surface area contributed by atoms with Gasteiger partial charge in [-0.15, -0.1) is 0 Å². The Morgan fingerprint density at radius 2 is 1.33 bits per heavy atom. The molecule has 8 nitrogen and oxygen atoms in total. The van der Waals surface area contributed by atoms with E-state index in [1.807, 2.05) is 24.3 Å². The predicted octanol–water partition coefficient (Wildman–Crippen LogP) is 7.25. The van der Waals surface area contributed by atoms with Crippen LogP contribution in [0.3, 0.4) is 0 Å². The van der Waals surface area contributed by atoms with E-state index in [-0.39, 0.29) is 17.8 Å². The number of phenols is 1. The summed E-state index contributed by atoms with van der Waals surface area (Å²) in [7, 11) is 9.23. The first kappa shape index (κ1) is 30.3. The molecule has 0 amide bonds. The van der Waals surface area contributed by atoms with Gasteiger partial charge in [-0.1, -0.05) is 18.2 Å². The van der Waals surface area contributed by atoms with Crippen LogP contribution in [0.15, 0.2) is 60.7 Å². The Morgan fingerprint density at radius 1 is 0.674 bits per heavy atom. The molecule has 240 valence electrons. The summed E-state index contributed by atoms with van der Waals surface area (Å²) >= 11 is 0. The monoisotopic (exact) mass is 622 g/mol. The van der Waals surface area contributed by atoms with E-state index in [4.69, 9.17) is 23.7 Å². The first-order valence-corrected chi connectivity index (χ1v) is 16.0. The molecule has 4 aromatic rings. The summed E-state index contributed by atoms with van der Waals surface area (Å²) in [5, 5.41) is 11.7. The topological polar surface area (TPSA) is 72.9 Å². The van der Waals surface area contributed by atoms with Gasteiger partial charge in [-0.25, -0.2) is 0 Å². The minimum atomic E-state index is -0.0827. The van der Waals surface area contributed by atoms with Crippen molar-refractivity contribution in [1.82, 2.24) is 9.80 Å². The Labute approximate surface area is 271 Å². The van der Waals surface area contributed by atoms with Gasteiger partial charge in [0.2, 0.25) is 5.75 Å². The highest BCUT2D eigenvalue weighted by molar-refractivity contribution is 5.63. The summed E-state index contributed by atoms with van der Waals surface area (Å²) in [5.41, 5.74) is 6.87. The van der Waals surface area contributed by atoms with Gasteiger partial charge in [-0.2, -0.15) is 0 Å². The second-order valence-corrected chi connectivity index (χ2v) is 12.6. The van der Waals surface area contributed by atoms with Crippen molar-refractivity contribution in [2.45, 2.75) is 44.2 Å². The van der Waals surface area contributed by atoms with E-state index < -0.39 is 0 Å². The quantitative estimate of drug-likeness (QED) is 0.256. The van der Waals surface area contributed by atoms with Crippen molar-refractivity contribution in [3.8, 4) is 46.0 Å². The highest BCUT2D eigenvalue weighted by Crippen LogP contribution is 2.51. The first-order chi connectivity index (χ1) is 22.4. The van der Waals surface area contributed by atoms with Gasteiger partial charge in [-0.05, 0) is 116 Å². The summed E-state index contributed by atoms with van der Waals surface area (Å²) in [4.78, 5) is 4.75. The number of methoxy groups -OCH3 is 3. The first-order valence-electron chi connectivity index (χ1n) is 16.0. The summed E-state index contributed by atoms with van der Waals surface area (Å²) in [6.45, 7) is 1.82. The number of fused-ring (bicyclic) bond motifs is 3. The lowest BCUT2D eigenvalue weighted by Crippen LogP contribution is -2.34. The van der Waals surface area contributed by atoms with Gasteiger partial charge in [0.25, 0.3) is 0 Å². The number of benzene rings is 4. The number of likely N-dealkylation sites (N-methyl/N-ethyl adjacent to an activating group) is 2. The molecule has 4 heterocycles. The molecule has 0 radical (unpaired) electrons. The van der Waals surface area contributed by atoms with Crippen molar-refractivity contribution >= 4 is 0 Å². The predicted molar refractivity (Wildman–Crippen MR) is 177 cm³/mol. The molecule has 4 aliphatic heterocycles. The molecule has 2 atom stereocenters. The molecule has 4 aliphatic rings. The third kappa shape index (κ3) is 5.50. The lowest BCUT2D eigenvalue weighted by Gasteiger charge is -2.37. The van der Waals surface area contributed by atoms with Crippen LogP contribution in [-0.2, 0) is 25.7 Å². The molecule has 4 aromatic carbocycles. The smallest absolute Gasteiger partial charge is 0.201 e. The van der Waals surface area contributed by atoms with Gasteiger partial charge in [0.05, 0.1) is 21.3 Å². The van der Waals surface area contributed by atoms with Crippen LogP contribution in [0.1, 0.15) is 51.9 Å². The molecule has 0 saturated heterocycles. The number of nitrogens with zero attached hydrogens (tertiary/aromatic N) is 2. The van der Waals surface area contributed by atoms with Crippen molar-refractivity contribution in [2.75, 3.05) is 48.5 Å². The average molecular weight is 623 g/mol. The summed E-state index contributed by atoms with van der Waals surface area (Å²) in [5.74, 6) is 4.13. The van der Waals surface area contributed by atoms with Crippen LogP contribution in [-0.4, -0.2) is 63.4 Å². The van der Waals surface area contributed by atoms with E-state index in [0.29, 0.717) is 40.9 Å². The Kier molecular flexibility index (Phi) is 8.17. The summed E-state index contributed by atoms with van der Waals surface area (Å²) < 4.78 is 30.5. The Hall–Kier alpha value is -4.40. The number of rotatable bonds is 3. The Morgan fingerprint density at radius 3 is 2.07 bits per heavy atom. The third-order valence-electron chi connectivity index (χ3n) is 9.94. The van der Waals surface area contributed by atoms with Crippen LogP contribution >= 0.6 is 0 Å². The largest absolute Gasteiger partial charge is 0.502 e. The van der Waals surface area contributed by atoms with Crippen LogP contribution in [0, 0.1) is 0 Å². The average Bonchev–Trinajstić information content (AvgIpc) is 3.07. The fourth-order valence-corrected chi connectivity index (χ4v) is 7.32. The molecule has 1 N–H and O–H groups in total. The molecule has 6 bridgehead atoms. The van der Waals surface area contributed by atoms with E-state index in [0.717, 1.165) is 61.2 Å². The van der Waals surface area contributed by atoms with Gasteiger partial charge < -0.3 is 28.8 Å². The molecule has 0 saturated carbocycles. The van der Waals surface area contributed by atoms with Gasteiger partial charge in [-0.3, -0.25) is 9.80 Å². The fourth-order valence-electron chi connectivity index (χ4n) is 7.32. The van der Waals surface area contributed by atoms with Crippen molar-refractivity contribution in [1.29, 1.82) is 0 Å². The van der Waals surface area contributed by atoms with E-state index >= 15 is 0 Å². The summed E-state index contributed by atoms with van der Waals surface area (Å²) in [6.07, 6.45) is 4.25. The second kappa shape index (κ2) is 12.4. The van der Waals surface area contributed by atoms with Crippen molar-refractivity contribution in [3.05, 3.63) is 94.0 Å². The number of hydrogen-bond acceptors (Lipinski definition) is 8. The molecule has 0 fully saturated rings. The van der Waals surface area contributed by atoms with Crippen LogP contribution in [0.25, 0.3) is 0 Å². The van der Waals surface area contributed by atoms with Gasteiger partial charge in [0.1, 0.15) is 5.75 Å². The Balaban J connectivity index is 1.43. The Bertz CT molecular complexity index is 1750. The SMILES string of the molecule is COc1ccc2cc1Oc1ccc(cc1)CC[C@H]1c3cc(c(OC)cc3CCN1C)Oc1c(O)c(OC)cc3c1[C@H](C2)N(C)CC3. The van der Waals surface area contributed by atoms with E-state index in [2.05, 4.69) is 60.3 Å². The van der Waals surface area contributed by atoms with Crippen molar-refractivity contribution in [3.63, 3.8) is 0 Å². The number of hydrogen-bond donors (Lipinski definition) is 1. The van der Waals surface area contributed by atoms with Crippen LogP contribution < -0.4 is 23.7 Å². The second-order valence-electron chi connectivity index (χ2n) is 12.6. The molecular weight excluding hydrogens is 580 g/mol. The zero-order valence-corrected chi connectivity index (χ0v) is 27.3. The standard InChI is InChI=1S/C38H42N2O6/c1-39-16-14-25-20-32(43-4)34-22-28(25)29(39)12-8-23-6-10-27(11-7-23)45-33-19-24(9-13-31(33)42-3)18-30-36-26(15-17-40(30)2)21-35(44-5)37(41)38(36)46-34/h6-7,9-11,13,19-22,29-30,41H,8,12,14-18H2,1-5H3/t29-,30-/m0/s1. The number of aryl methyl sites for hydroxylation is 1. The van der Waals surface area contributed by atoms with Gasteiger partial charge in [0, 0.05) is 30.7 Å². The zero-order valence-electron chi connectivity index (χ0n) is 27.3. The molecule has 8 heteroatoms. The molecular formula is C38H42N2O6. The minimum absolute atomic E-state index is 0.0128. The minimum Gasteiger partial charge on any atom is -0.502 e. The van der Waals surface area contributed by atoms with Crippen molar-refractivity contribution < 1.29 is 28.8 Å². The molecule has 8 rings (SSSR count). The van der Waals surface area contributed by atoms with E-state index in [9.17, 15) is 5.11 Å². The maximum Gasteiger partial charge on any atom is 0.201 e. The lowest BCUT2D eigenvalue weighted by atomic mass is 9.87. The summed E-state index contributed by atoms with van der Waals surface area (Å²) in [6, 6.07) is 20.8. The van der Waals surface area contributed by atoms with Crippen LogP contribution in [0.4, 0.5) is 0 Å². The lowest BCUT2D eigenvalue weighted by molar-refractivity contribution is 0.217. The zero-order chi connectivity index (χ0) is 31.9. The molecule has 0 aliphatic carbocycles. The van der Waals surface area contributed by atoms with Gasteiger partial charge >= 0.3 is 0 Å². The van der Waals surface area contributed by atoms with Crippen molar-refractivity contribution in [2.24, 2.45) is 0 Å². The maximum atomic E-state index is 11.7. The maximum absolute atomic E-state index is 11.7. The number of aromatic hydroxyl groups is 1. The van der Waals surface area contributed by atoms with Crippen LogP contribution in [0.5, 0.6) is 46.0 Å². The molecule has 0 unspecified atom stereocenters. The molecule has 0 spiro atoms.